The summed E-state index contributed by atoms with van der Waals surface area (Å²) in [5.74, 6) is 0.672. The summed E-state index contributed by atoms with van der Waals surface area (Å²) in [7, 11) is -0.317. The fourth-order valence-corrected chi connectivity index (χ4v) is 3.06. The molecular weight excluding hydrogens is 413 g/mol. The van der Waals surface area contributed by atoms with E-state index in [9.17, 15) is 22.2 Å². The Labute approximate surface area is 166 Å². The fourth-order valence-electron chi connectivity index (χ4n) is 2.18. The van der Waals surface area contributed by atoms with Crippen LogP contribution in [0.3, 0.4) is 0 Å². The first kappa shape index (κ1) is 22.5. The van der Waals surface area contributed by atoms with E-state index in [4.69, 9.17) is 4.74 Å². The predicted octanol–water partition coefficient (Wildman–Crippen LogP) is 1.70. The number of fused-ring (bicyclic) bond motifs is 1. The molecule has 0 fully saturated rings. The Morgan fingerprint density at radius 3 is 2.45 bits per heavy atom. The molecule has 3 rings (SSSR count). The summed E-state index contributed by atoms with van der Waals surface area (Å²) in [4.78, 5) is 15.9. The molecule has 0 saturated carbocycles. The van der Waals surface area contributed by atoms with Crippen molar-refractivity contribution in [3.8, 4) is 5.75 Å². The van der Waals surface area contributed by atoms with Crippen LogP contribution in [0.5, 0.6) is 5.75 Å². The minimum atomic E-state index is -4.63. The highest BCUT2D eigenvalue weighted by Gasteiger charge is 2.30. The third kappa shape index (κ3) is 5.60. The lowest BCUT2D eigenvalue weighted by molar-refractivity contribution is -0.144. The van der Waals surface area contributed by atoms with Gasteiger partial charge in [-0.3, -0.25) is 0 Å². The molecule has 0 spiro atoms. The number of aromatic nitrogens is 5. The molecule has 0 aliphatic carbocycles. The first-order chi connectivity index (χ1) is 13.8. The number of rotatable bonds is 6. The van der Waals surface area contributed by atoms with Crippen LogP contribution in [0.15, 0.2) is 40.4 Å². The molecule has 9 nitrogen and oxygen atoms in total. The number of nitrogens with one attached hydrogen (secondary N) is 1. The van der Waals surface area contributed by atoms with E-state index in [1.165, 1.54) is 7.11 Å². The maximum absolute atomic E-state index is 12.4. The number of benzene rings is 1. The molecule has 2 heterocycles. The van der Waals surface area contributed by atoms with E-state index >= 15 is 0 Å². The molecule has 1 N–H and O–H groups in total. The van der Waals surface area contributed by atoms with Gasteiger partial charge < -0.3 is 4.74 Å². The van der Waals surface area contributed by atoms with E-state index in [0.29, 0.717) is 5.75 Å². The zero-order valence-electron chi connectivity index (χ0n) is 15.8. The van der Waals surface area contributed by atoms with E-state index in [0.717, 1.165) is 16.3 Å². The standard InChI is InChI=1S/C14H13F3N6O3S.C2H6/c1-26-10-4-2-9(3-5-10)6-19-27(25)12-11-20-21-23(7-14(15,16)17)13(24)22(11)8-18-12;1-2/h2-5,8,19H,6-7H2,1H3;1-2H3. The van der Waals surface area contributed by atoms with Crippen LogP contribution in [0.2, 0.25) is 0 Å². The quantitative estimate of drug-likeness (QED) is 0.636. The average Bonchev–Trinajstić information content (AvgIpc) is 3.14. The third-order valence-electron chi connectivity index (χ3n) is 3.46. The van der Waals surface area contributed by atoms with E-state index in [1.54, 1.807) is 24.3 Å². The number of ether oxygens (including phenoxy) is 1. The number of hydrogen-bond donors (Lipinski definition) is 1. The van der Waals surface area contributed by atoms with Crippen molar-refractivity contribution in [1.82, 2.24) is 29.1 Å². The van der Waals surface area contributed by atoms with Gasteiger partial charge in [0.1, 0.15) is 29.6 Å². The molecule has 1 aromatic carbocycles. The predicted molar refractivity (Wildman–Crippen MR) is 98.7 cm³/mol. The second kappa shape index (κ2) is 9.60. The van der Waals surface area contributed by atoms with Crippen molar-refractivity contribution in [3.63, 3.8) is 0 Å². The van der Waals surface area contributed by atoms with Gasteiger partial charge in [0.15, 0.2) is 5.03 Å². The Morgan fingerprint density at radius 2 is 1.86 bits per heavy atom. The van der Waals surface area contributed by atoms with Gasteiger partial charge in [-0.2, -0.15) is 17.9 Å². The van der Waals surface area contributed by atoms with Gasteiger partial charge in [-0.1, -0.05) is 31.2 Å². The topological polar surface area (TPSA) is 103 Å². The van der Waals surface area contributed by atoms with Crippen LogP contribution in [-0.4, -0.2) is 41.9 Å². The maximum atomic E-state index is 12.4. The SMILES string of the molecule is CC.COc1ccc(CNS(=O)c2ncn3c(=O)n(CC(F)(F)F)nnc23)cc1. The molecule has 2 aromatic heterocycles. The molecule has 0 radical (unpaired) electrons. The van der Waals surface area contributed by atoms with Crippen LogP contribution in [0.25, 0.3) is 5.65 Å². The molecule has 1 unspecified atom stereocenters. The smallest absolute Gasteiger partial charge is 0.408 e. The van der Waals surface area contributed by atoms with Crippen LogP contribution in [0, 0.1) is 0 Å². The second-order valence-electron chi connectivity index (χ2n) is 5.33. The van der Waals surface area contributed by atoms with Crippen LogP contribution in [0.1, 0.15) is 19.4 Å². The van der Waals surface area contributed by atoms with Gasteiger partial charge in [0, 0.05) is 6.54 Å². The maximum Gasteiger partial charge on any atom is 0.408 e. The first-order valence-electron chi connectivity index (χ1n) is 8.44. The van der Waals surface area contributed by atoms with E-state index in [1.807, 2.05) is 13.8 Å². The number of imidazole rings is 1. The minimum Gasteiger partial charge on any atom is -0.497 e. The van der Waals surface area contributed by atoms with Gasteiger partial charge >= 0.3 is 11.9 Å². The summed E-state index contributed by atoms with van der Waals surface area (Å²) in [5, 5.41) is 6.69. The van der Waals surface area contributed by atoms with Gasteiger partial charge in [0.25, 0.3) is 0 Å². The highest BCUT2D eigenvalue weighted by atomic mass is 32.2. The lowest BCUT2D eigenvalue weighted by Gasteiger charge is -2.07. The fraction of sp³-hybridized carbons (Fsp3) is 0.375. The molecule has 158 valence electrons. The molecule has 3 aromatic rings. The molecule has 0 amide bonds. The van der Waals surface area contributed by atoms with Crippen molar-refractivity contribution in [3.05, 3.63) is 46.6 Å². The summed E-state index contributed by atoms with van der Waals surface area (Å²) in [6.07, 6.45) is -3.67. The Hall–Kier alpha value is -2.80. The summed E-state index contributed by atoms with van der Waals surface area (Å²) >= 11 is 0. The van der Waals surface area contributed by atoms with Crippen LogP contribution in [-0.2, 0) is 24.1 Å². The largest absolute Gasteiger partial charge is 0.497 e. The molecule has 0 saturated heterocycles. The van der Waals surface area contributed by atoms with Gasteiger partial charge in [0.2, 0.25) is 5.65 Å². The van der Waals surface area contributed by atoms with Crippen molar-refractivity contribution in [2.24, 2.45) is 0 Å². The highest BCUT2D eigenvalue weighted by molar-refractivity contribution is 7.83. The summed E-state index contributed by atoms with van der Waals surface area (Å²) in [6, 6.07) is 7.01. The minimum absolute atomic E-state index is 0.104. The zero-order chi connectivity index (χ0) is 21.6. The zero-order valence-corrected chi connectivity index (χ0v) is 16.6. The van der Waals surface area contributed by atoms with Gasteiger partial charge in [-0.05, 0) is 17.7 Å². The summed E-state index contributed by atoms with van der Waals surface area (Å²) in [5.41, 5.74) is -0.450. The number of halogens is 3. The number of methoxy groups -OCH3 is 1. The summed E-state index contributed by atoms with van der Waals surface area (Å²) < 4.78 is 58.4. The Morgan fingerprint density at radius 1 is 1.21 bits per heavy atom. The Bertz CT molecular complexity index is 1030. The molecule has 0 aliphatic heterocycles. The monoisotopic (exact) mass is 432 g/mol. The van der Waals surface area contributed by atoms with E-state index in [-0.39, 0.29) is 21.9 Å². The van der Waals surface area contributed by atoms with Crippen LogP contribution in [0.4, 0.5) is 13.2 Å². The second-order valence-corrected chi connectivity index (χ2v) is 6.54. The van der Waals surface area contributed by atoms with Crippen molar-refractivity contribution >= 4 is 16.6 Å². The Kier molecular flexibility index (Phi) is 7.45. The lowest BCUT2D eigenvalue weighted by Crippen LogP contribution is -2.34. The number of nitrogens with zero attached hydrogens (tertiary/aromatic N) is 5. The van der Waals surface area contributed by atoms with Crippen molar-refractivity contribution < 1.29 is 22.1 Å². The molecule has 13 heteroatoms. The van der Waals surface area contributed by atoms with Gasteiger partial charge in [-0.25, -0.2) is 23.1 Å². The molecule has 29 heavy (non-hydrogen) atoms. The first-order valence-corrected chi connectivity index (χ1v) is 9.59. The lowest BCUT2D eigenvalue weighted by atomic mass is 10.2. The van der Waals surface area contributed by atoms with E-state index in [2.05, 4.69) is 20.0 Å². The van der Waals surface area contributed by atoms with Crippen molar-refractivity contribution in [2.75, 3.05) is 7.11 Å². The van der Waals surface area contributed by atoms with Crippen LogP contribution < -0.4 is 15.1 Å². The Balaban J connectivity index is 0.00000145. The highest BCUT2D eigenvalue weighted by Crippen LogP contribution is 2.16. The number of hydrogen-bond acceptors (Lipinski definition) is 6. The van der Waals surface area contributed by atoms with Crippen LogP contribution >= 0.6 is 0 Å². The van der Waals surface area contributed by atoms with Gasteiger partial charge in [-0.15, -0.1) is 5.10 Å². The van der Waals surface area contributed by atoms with Crippen molar-refractivity contribution in [2.45, 2.75) is 38.1 Å². The van der Waals surface area contributed by atoms with Gasteiger partial charge in [0.05, 0.1) is 7.11 Å². The third-order valence-corrected chi connectivity index (χ3v) is 4.50. The normalized spacial score (nSPS) is 12.3. The van der Waals surface area contributed by atoms with E-state index < -0.39 is 29.4 Å². The molecule has 0 aliphatic rings. The molecular formula is C16H19F3N6O3S. The molecule has 1 atom stereocenters. The molecule has 0 bridgehead atoms. The van der Waals surface area contributed by atoms with Crippen molar-refractivity contribution in [1.29, 1.82) is 0 Å². The summed E-state index contributed by atoms with van der Waals surface area (Å²) in [6.45, 7) is 2.63. The number of alkyl halides is 3. The average molecular weight is 432 g/mol.